The standard InChI is InChI=1S/C18H22F2N4O5/c1-23(11-3-4-11)15(16(21)26)17(27)22-10-2-5-12(13(8-10)29-18(19)20)24-6-7-28-9-14(24)25/h2,5,8,11,15,18H,3-4,6-7,9H2,1H3,(H2,21,26)(H,22,27)/t15-/m1/s1. The van der Waals surface area contributed by atoms with Gasteiger partial charge in [0.1, 0.15) is 6.61 Å². The molecule has 9 nitrogen and oxygen atoms in total. The first-order valence-electron chi connectivity index (χ1n) is 9.07. The second-order valence-electron chi connectivity index (χ2n) is 6.85. The van der Waals surface area contributed by atoms with Crippen molar-refractivity contribution in [3.05, 3.63) is 18.2 Å². The number of halogens is 2. The molecule has 1 saturated heterocycles. The number of hydrogen-bond donors (Lipinski definition) is 2. The van der Waals surface area contributed by atoms with Crippen LogP contribution in [0, 0.1) is 0 Å². The molecule has 3 N–H and O–H groups in total. The number of nitrogens with zero attached hydrogens (tertiary/aromatic N) is 2. The SMILES string of the molecule is CN(C1CC1)[C@H](C(N)=O)C(=O)Nc1ccc(N2CCOCC2=O)c(OC(F)F)c1. The summed E-state index contributed by atoms with van der Waals surface area (Å²) in [6.07, 6.45) is 1.73. The number of nitrogens with one attached hydrogen (secondary N) is 1. The van der Waals surface area contributed by atoms with Gasteiger partial charge in [-0.3, -0.25) is 19.3 Å². The minimum atomic E-state index is -3.13. The normalized spacial score (nSPS) is 18.1. The molecule has 2 fully saturated rings. The summed E-state index contributed by atoms with van der Waals surface area (Å²) < 4.78 is 35.4. The molecule has 1 atom stereocenters. The van der Waals surface area contributed by atoms with E-state index in [0.717, 1.165) is 12.8 Å². The average molecular weight is 412 g/mol. The predicted molar refractivity (Wildman–Crippen MR) is 98.6 cm³/mol. The molecule has 2 aliphatic rings. The van der Waals surface area contributed by atoms with Gasteiger partial charge in [0.05, 0.1) is 12.3 Å². The molecule has 1 aliphatic carbocycles. The van der Waals surface area contributed by atoms with Gasteiger partial charge in [0.2, 0.25) is 5.91 Å². The third-order valence-corrected chi connectivity index (χ3v) is 4.77. The average Bonchev–Trinajstić information content (AvgIpc) is 3.47. The summed E-state index contributed by atoms with van der Waals surface area (Å²) in [6.45, 7) is -2.86. The quantitative estimate of drug-likeness (QED) is 0.603. The number of carbonyl (C=O) groups is 3. The third-order valence-electron chi connectivity index (χ3n) is 4.77. The van der Waals surface area contributed by atoms with Crippen molar-refractivity contribution in [1.82, 2.24) is 4.90 Å². The molecule has 1 heterocycles. The Kier molecular flexibility index (Phi) is 6.28. The predicted octanol–water partition coefficient (Wildman–Crippen LogP) is 0.538. The van der Waals surface area contributed by atoms with Crippen LogP contribution in [0.25, 0.3) is 0 Å². The minimum absolute atomic E-state index is 0.102. The van der Waals surface area contributed by atoms with E-state index in [1.54, 1.807) is 11.9 Å². The van der Waals surface area contributed by atoms with E-state index in [4.69, 9.17) is 10.5 Å². The Balaban J connectivity index is 1.82. The Labute approximate surface area is 165 Å². The lowest BCUT2D eigenvalue weighted by Gasteiger charge is -2.29. The summed E-state index contributed by atoms with van der Waals surface area (Å²) in [6, 6.07) is 2.91. The molecular formula is C18H22F2N4O5. The highest BCUT2D eigenvalue weighted by atomic mass is 19.3. The van der Waals surface area contributed by atoms with Gasteiger partial charge in [-0.1, -0.05) is 0 Å². The van der Waals surface area contributed by atoms with Crippen molar-refractivity contribution < 1.29 is 32.6 Å². The maximum absolute atomic E-state index is 12.9. The zero-order chi connectivity index (χ0) is 21.1. The summed E-state index contributed by atoms with van der Waals surface area (Å²) in [5, 5.41) is 2.51. The summed E-state index contributed by atoms with van der Waals surface area (Å²) in [5.74, 6) is -2.16. The van der Waals surface area contributed by atoms with E-state index in [1.807, 2.05) is 0 Å². The highest BCUT2D eigenvalue weighted by Gasteiger charge is 2.38. The summed E-state index contributed by atoms with van der Waals surface area (Å²) in [7, 11) is 1.63. The van der Waals surface area contributed by atoms with E-state index >= 15 is 0 Å². The number of likely N-dealkylation sites (N-methyl/N-ethyl adjacent to an activating group) is 1. The lowest BCUT2D eigenvalue weighted by Crippen LogP contribution is -2.51. The van der Waals surface area contributed by atoms with Crippen LogP contribution in [-0.2, 0) is 19.1 Å². The highest BCUT2D eigenvalue weighted by Crippen LogP contribution is 2.34. The number of rotatable bonds is 8. The smallest absolute Gasteiger partial charge is 0.387 e. The third kappa shape index (κ3) is 4.98. The van der Waals surface area contributed by atoms with Crippen molar-refractivity contribution in [2.24, 2.45) is 5.73 Å². The van der Waals surface area contributed by atoms with Crippen LogP contribution in [0.3, 0.4) is 0 Å². The molecule has 3 amide bonds. The fourth-order valence-electron chi connectivity index (χ4n) is 3.20. The second kappa shape index (κ2) is 8.70. The monoisotopic (exact) mass is 412 g/mol. The molecule has 0 unspecified atom stereocenters. The van der Waals surface area contributed by atoms with Crippen LogP contribution in [-0.4, -0.2) is 68.1 Å². The number of carbonyl (C=O) groups excluding carboxylic acids is 3. The number of amides is 3. The molecule has 1 aromatic rings. The van der Waals surface area contributed by atoms with E-state index in [9.17, 15) is 23.2 Å². The molecule has 11 heteroatoms. The molecule has 158 valence electrons. The van der Waals surface area contributed by atoms with Gasteiger partial charge in [-0.15, -0.1) is 0 Å². The van der Waals surface area contributed by atoms with Crippen molar-refractivity contribution in [2.45, 2.75) is 31.5 Å². The first kappa shape index (κ1) is 20.9. The van der Waals surface area contributed by atoms with Gasteiger partial charge in [-0.2, -0.15) is 8.78 Å². The number of benzene rings is 1. The van der Waals surface area contributed by atoms with E-state index < -0.39 is 30.4 Å². The molecule has 29 heavy (non-hydrogen) atoms. The van der Waals surface area contributed by atoms with Crippen molar-refractivity contribution >= 4 is 29.1 Å². The maximum Gasteiger partial charge on any atom is 0.387 e. The topological polar surface area (TPSA) is 114 Å². The second-order valence-corrected chi connectivity index (χ2v) is 6.85. The van der Waals surface area contributed by atoms with Crippen molar-refractivity contribution in [1.29, 1.82) is 0 Å². The van der Waals surface area contributed by atoms with E-state index in [-0.39, 0.29) is 42.9 Å². The van der Waals surface area contributed by atoms with Gasteiger partial charge in [0.25, 0.3) is 11.8 Å². The minimum Gasteiger partial charge on any atom is -0.433 e. The summed E-state index contributed by atoms with van der Waals surface area (Å²) in [4.78, 5) is 39.2. The molecule has 1 saturated carbocycles. The Morgan fingerprint density at radius 3 is 2.69 bits per heavy atom. The summed E-state index contributed by atoms with van der Waals surface area (Å²) >= 11 is 0. The van der Waals surface area contributed by atoms with Gasteiger partial charge in [0.15, 0.2) is 11.8 Å². The Hall–Kier alpha value is -2.79. The molecular weight excluding hydrogens is 390 g/mol. The largest absolute Gasteiger partial charge is 0.433 e. The van der Waals surface area contributed by atoms with Crippen LogP contribution in [0.1, 0.15) is 12.8 Å². The number of primary amides is 1. The van der Waals surface area contributed by atoms with Gasteiger partial charge < -0.3 is 25.4 Å². The van der Waals surface area contributed by atoms with Gasteiger partial charge in [-0.05, 0) is 32.0 Å². The Morgan fingerprint density at radius 2 is 2.10 bits per heavy atom. The Bertz CT molecular complexity index is 802. The van der Waals surface area contributed by atoms with Crippen molar-refractivity contribution in [3.8, 4) is 5.75 Å². The summed E-state index contributed by atoms with van der Waals surface area (Å²) in [5.41, 5.74) is 5.64. The molecule has 0 bridgehead atoms. The number of ether oxygens (including phenoxy) is 2. The maximum atomic E-state index is 12.9. The fraction of sp³-hybridized carbons (Fsp3) is 0.500. The lowest BCUT2D eigenvalue weighted by molar-refractivity contribution is -0.132. The number of nitrogens with two attached hydrogens (primary N) is 1. The molecule has 1 aromatic carbocycles. The van der Waals surface area contributed by atoms with Crippen LogP contribution in [0.2, 0.25) is 0 Å². The van der Waals surface area contributed by atoms with Crippen LogP contribution < -0.4 is 20.7 Å². The molecule has 3 rings (SSSR count). The molecule has 0 spiro atoms. The zero-order valence-electron chi connectivity index (χ0n) is 15.8. The van der Waals surface area contributed by atoms with E-state index in [1.165, 1.54) is 23.1 Å². The number of alkyl halides is 2. The molecule has 0 radical (unpaired) electrons. The van der Waals surface area contributed by atoms with Crippen LogP contribution in [0.15, 0.2) is 18.2 Å². The Morgan fingerprint density at radius 1 is 1.38 bits per heavy atom. The molecule has 0 aromatic heterocycles. The van der Waals surface area contributed by atoms with Crippen LogP contribution >= 0.6 is 0 Å². The highest BCUT2D eigenvalue weighted by molar-refractivity contribution is 6.09. The van der Waals surface area contributed by atoms with Crippen molar-refractivity contribution in [2.75, 3.05) is 37.0 Å². The molecule has 1 aliphatic heterocycles. The van der Waals surface area contributed by atoms with Crippen molar-refractivity contribution in [3.63, 3.8) is 0 Å². The van der Waals surface area contributed by atoms with Crippen LogP contribution in [0.4, 0.5) is 20.2 Å². The number of hydrogen-bond acceptors (Lipinski definition) is 6. The number of morpholine rings is 1. The van der Waals surface area contributed by atoms with E-state index in [2.05, 4.69) is 10.1 Å². The van der Waals surface area contributed by atoms with Crippen LogP contribution in [0.5, 0.6) is 5.75 Å². The van der Waals surface area contributed by atoms with Gasteiger partial charge in [-0.25, -0.2) is 0 Å². The number of anilines is 2. The van der Waals surface area contributed by atoms with Gasteiger partial charge >= 0.3 is 6.61 Å². The first-order chi connectivity index (χ1) is 13.8. The van der Waals surface area contributed by atoms with Gasteiger partial charge in [0, 0.05) is 24.3 Å². The lowest BCUT2D eigenvalue weighted by atomic mass is 10.2. The first-order valence-corrected chi connectivity index (χ1v) is 9.07. The van der Waals surface area contributed by atoms with E-state index in [0.29, 0.717) is 0 Å². The fourth-order valence-corrected chi connectivity index (χ4v) is 3.20. The zero-order valence-corrected chi connectivity index (χ0v) is 15.8.